The molecule has 2 rings (SSSR count). The Hall–Kier alpha value is -1.88. The molecule has 4 nitrogen and oxygen atoms in total. The highest BCUT2D eigenvalue weighted by Gasteiger charge is 2.01. The number of hydrogen-bond acceptors (Lipinski definition) is 3. The molecule has 0 aliphatic heterocycles. The van der Waals surface area contributed by atoms with Crippen LogP contribution in [0.5, 0.6) is 11.6 Å². The Labute approximate surface area is 98.4 Å². The zero-order chi connectivity index (χ0) is 11.5. The van der Waals surface area contributed by atoms with Gasteiger partial charge in [-0.3, -0.25) is 5.10 Å². The maximum atomic E-state index is 5.51. The van der Waals surface area contributed by atoms with Crippen molar-refractivity contribution >= 4 is 17.2 Å². The highest BCUT2D eigenvalue weighted by atomic mass is 32.1. The number of aryl methyl sites for hydroxylation is 1. The predicted molar refractivity (Wildman–Crippen MR) is 65.7 cm³/mol. The summed E-state index contributed by atoms with van der Waals surface area (Å²) >= 11 is 4.86. The number of rotatable bonds is 3. The van der Waals surface area contributed by atoms with Gasteiger partial charge in [-0.25, -0.2) is 0 Å². The molecule has 3 N–H and O–H groups in total. The topological polar surface area (TPSA) is 63.9 Å². The average Bonchev–Trinajstić information content (AvgIpc) is 2.65. The second-order valence-electron chi connectivity index (χ2n) is 3.38. The van der Waals surface area contributed by atoms with E-state index in [0.717, 1.165) is 11.3 Å². The van der Waals surface area contributed by atoms with E-state index in [9.17, 15) is 0 Å². The van der Waals surface area contributed by atoms with Gasteiger partial charge in [0.25, 0.3) is 0 Å². The monoisotopic (exact) mass is 233 g/mol. The minimum absolute atomic E-state index is 0.377. The largest absolute Gasteiger partial charge is 0.438 e. The van der Waals surface area contributed by atoms with E-state index in [1.54, 1.807) is 12.1 Å². The van der Waals surface area contributed by atoms with Crippen LogP contribution in [-0.4, -0.2) is 15.2 Å². The molecule has 1 heterocycles. The van der Waals surface area contributed by atoms with Gasteiger partial charge in [0.1, 0.15) is 10.7 Å². The molecule has 0 spiro atoms. The van der Waals surface area contributed by atoms with Crippen molar-refractivity contribution in [3.8, 4) is 11.6 Å². The van der Waals surface area contributed by atoms with Crippen molar-refractivity contribution in [2.45, 2.75) is 6.92 Å². The first kappa shape index (κ1) is 10.6. The molecule has 2 aromatic rings. The Balaban J connectivity index is 2.14. The van der Waals surface area contributed by atoms with Crippen LogP contribution in [0, 0.1) is 6.92 Å². The highest BCUT2D eigenvalue weighted by Crippen LogP contribution is 2.19. The number of hydrogen-bond donors (Lipinski definition) is 2. The lowest BCUT2D eigenvalue weighted by atomic mass is 10.2. The van der Waals surface area contributed by atoms with E-state index in [0.29, 0.717) is 16.6 Å². The maximum Gasteiger partial charge on any atom is 0.238 e. The second kappa shape index (κ2) is 4.32. The van der Waals surface area contributed by atoms with Gasteiger partial charge in [-0.15, -0.1) is 5.10 Å². The van der Waals surface area contributed by atoms with Crippen LogP contribution in [0.1, 0.15) is 11.3 Å². The van der Waals surface area contributed by atoms with Crippen LogP contribution in [0.25, 0.3) is 0 Å². The Kier molecular flexibility index (Phi) is 2.87. The van der Waals surface area contributed by atoms with Crippen LogP contribution in [-0.2, 0) is 0 Å². The van der Waals surface area contributed by atoms with Gasteiger partial charge < -0.3 is 10.5 Å². The standard InChI is InChI=1S/C11H11N3OS/c1-7-6-10(14-13-7)15-9-4-2-8(3-5-9)11(12)16/h2-6H,1H3,(H2,12,16)(H,13,14). The van der Waals surface area contributed by atoms with Crippen molar-refractivity contribution in [3.05, 3.63) is 41.6 Å². The van der Waals surface area contributed by atoms with Gasteiger partial charge in [0.2, 0.25) is 5.88 Å². The summed E-state index contributed by atoms with van der Waals surface area (Å²) in [6.45, 7) is 1.91. The summed E-state index contributed by atoms with van der Waals surface area (Å²) in [5.74, 6) is 1.24. The first-order valence-corrected chi connectivity index (χ1v) is 5.16. The number of benzene rings is 1. The maximum absolute atomic E-state index is 5.51. The van der Waals surface area contributed by atoms with Crippen molar-refractivity contribution in [1.29, 1.82) is 0 Å². The molecule has 0 radical (unpaired) electrons. The van der Waals surface area contributed by atoms with Gasteiger partial charge in [-0.05, 0) is 31.2 Å². The molecule has 0 fully saturated rings. The number of aromatic amines is 1. The lowest BCUT2D eigenvalue weighted by Crippen LogP contribution is -2.08. The van der Waals surface area contributed by atoms with Crippen LogP contribution in [0.4, 0.5) is 0 Å². The fourth-order valence-corrected chi connectivity index (χ4v) is 1.39. The average molecular weight is 233 g/mol. The zero-order valence-electron chi connectivity index (χ0n) is 8.73. The zero-order valence-corrected chi connectivity index (χ0v) is 9.54. The molecule has 0 saturated carbocycles. The second-order valence-corrected chi connectivity index (χ2v) is 3.82. The normalized spacial score (nSPS) is 10.1. The number of thiocarbonyl (C=S) groups is 1. The molecule has 5 heteroatoms. The molecular weight excluding hydrogens is 222 g/mol. The first-order valence-electron chi connectivity index (χ1n) is 4.75. The van der Waals surface area contributed by atoms with Crippen LogP contribution < -0.4 is 10.5 Å². The quantitative estimate of drug-likeness (QED) is 0.797. The molecular formula is C11H11N3OS. The third-order valence-corrected chi connectivity index (χ3v) is 2.28. The molecule has 0 atom stereocenters. The molecule has 0 aliphatic rings. The van der Waals surface area contributed by atoms with Gasteiger partial charge in [0, 0.05) is 17.3 Å². The molecule has 0 unspecified atom stereocenters. The summed E-state index contributed by atoms with van der Waals surface area (Å²) in [6.07, 6.45) is 0. The highest BCUT2D eigenvalue weighted by molar-refractivity contribution is 7.80. The predicted octanol–water partition coefficient (Wildman–Crippen LogP) is 2.14. The molecule has 0 aliphatic carbocycles. The van der Waals surface area contributed by atoms with Crippen LogP contribution >= 0.6 is 12.2 Å². The summed E-state index contributed by atoms with van der Waals surface area (Å²) in [7, 11) is 0. The molecule has 0 amide bonds. The Bertz CT molecular complexity index is 504. The smallest absolute Gasteiger partial charge is 0.238 e. The molecule has 1 aromatic carbocycles. The Morgan fingerprint density at radius 1 is 1.38 bits per heavy atom. The van der Waals surface area contributed by atoms with E-state index in [4.69, 9.17) is 22.7 Å². The number of nitrogens with one attached hydrogen (secondary N) is 1. The number of ether oxygens (including phenoxy) is 1. The molecule has 0 bridgehead atoms. The van der Waals surface area contributed by atoms with Gasteiger partial charge in [-0.1, -0.05) is 12.2 Å². The van der Waals surface area contributed by atoms with E-state index in [2.05, 4.69) is 10.2 Å². The fraction of sp³-hybridized carbons (Fsp3) is 0.0909. The number of nitrogens with two attached hydrogens (primary N) is 1. The van der Waals surface area contributed by atoms with Crippen molar-refractivity contribution in [2.75, 3.05) is 0 Å². The number of aromatic nitrogens is 2. The lowest BCUT2D eigenvalue weighted by Gasteiger charge is -2.02. The van der Waals surface area contributed by atoms with Crippen LogP contribution in [0.2, 0.25) is 0 Å². The molecule has 1 aromatic heterocycles. The summed E-state index contributed by atoms with van der Waals surface area (Å²) in [6, 6.07) is 9.06. The summed E-state index contributed by atoms with van der Waals surface area (Å²) in [4.78, 5) is 0.377. The Morgan fingerprint density at radius 3 is 2.56 bits per heavy atom. The van der Waals surface area contributed by atoms with E-state index in [1.165, 1.54) is 0 Å². The van der Waals surface area contributed by atoms with Gasteiger partial charge in [0.05, 0.1) is 0 Å². The third-order valence-electron chi connectivity index (χ3n) is 2.04. The van der Waals surface area contributed by atoms with Gasteiger partial charge >= 0.3 is 0 Å². The minimum atomic E-state index is 0.377. The summed E-state index contributed by atoms with van der Waals surface area (Å²) in [5, 5.41) is 6.77. The number of H-pyrrole nitrogens is 1. The lowest BCUT2D eigenvalue weighted by molar-refractivity contribution is 0.461. The minimum Gasteiger partial charge on any atom is -0.438 e. The van der Waals surface area contributed by atoms with E-state index >= 15 is 0 Å². The van der Waals surface area contributed by atoms with Gasteiger partial charge in [0.15, 0.2) is 0 Å². The molecule has 16 heavy (non-hydrogen) atoms. The summed E-state index contributed by atoms with van der Waals surface area (Å²) in [5.41, 5.74) is 7.27. The van der Waals surface area contributed by atoms with E-state index in [1.807, 2.05) is 25.1 Å². The third kappa shape index (κ3) is 2.38. The Morgan fingerprint density at radius 2 is 2.06 bits per heavy atom. The van der Waals surface area contributed by atoms with E-state index in [-0.39, 0.29) is 0 Å². The summed E-state index contributed by atoms with van der Waals surface area (Å²) < 4.78 is 5.51. The van der Waals surface area contributed by atoms with Crippen molar-refractivity contribution < 1.29 is 4.74 Å². The fourth-order valence-electron chi connectivity index (χ4n) is 1.25. The van der Waals surface area contributed by atoms with Crippen LogP contribution in [0.15, 0.2) is 30.3 Å². The van der Waals surface area contributed by atoms with Gasteiger partial charge in [-0.2, -0.15) is 0 Å². The van der Waals surface area contributed by atoms with Crippen molar-refractivity contribution in [3.63, 3.8) is 0 Å². The first-order chi connectivity index (χ1) is 7.65. The van der Waals surface area contributed by atoms with E-state index < -0.39 is 0 Å². The number of nitrogens with zero attached hydrogens (tertiary/aromatic N) is 1. The van der Waals surface area contributed by atoms with Crippen molar-refractivity contribution in [1.82, 2.24) is 10.2 Å². The van der Waals surface area contributed by atoms with Crippen molar-refractivity contribution in [2.24, 2.45) is 5.73 Å². The molecule has 82 valence electrons. The van der Waals surface area contributed by atoms with Crippen LogP contribution in [0.3, 0.4) is 0 Å². The SMILES string of the molecule is Cc1cc(Oc2ccc(C(N)=S)cc2)n[nH]1. The molecule has 0 saturated heterocycles.